The van der Waals surface area contributed by atoms with Crippen LogP contribution in [0.3, 0.4) is 0 Å². The van der Waals surface area contributed by atoms with Crippen LogP contribution in [0.5, 0.6) is 0 Å². The molecular formula is C9H14N4S2. The van der Waals surface area contributed by atoms with Gasteiger partial charge in [-0.2, -0.15) is 5.10 Å². The molecular weight excluding hydrogens is 228 g/mol. The second-order valence-electron chi connectivity index (χ2n) is 2.88. The van der Waals surface area contributed by atoms with Crippen LogP contribution < -0.4 is 5.43 Å². The molecule has 0 aliphatic rings. The number of hydrazone groups is 1. The quantitative estimate of drug-likeness (QED) is 0.481. The Balaban J connectivity index is 2.46. The maximum absolute atomic E-state index is 4.93. The number of imidazole rings is 1. The van der Waals surface area contributed by atoms with Gasteiger partial charge in [0.25, 0.3) is 0 Å². The summed E-state index contributed by atoms with van der Waals surface area (Å²) in [4.78, 5) is 7.42. The first-order valence-corrected chi connectivity index (χ1v) is 6.31. The fourth-order valence-corrected chi connectivity index (χ4v) is 1.20. The number of rotatable bonds is 4. The van der Waals surface area contributed by atoms with Crippen LogP contribution in [0.2, 0.25) is 0 Å². The molecule has 0 aromatic carbocycles. The van der Waals surface area contributed by atoms with Crippen molar-refractivity contribution in [2.24, 2.45) is 5.10 Å². The highest BCUT2D eigenvalue weighted by Gasteiger charge is 1.97. The van der Waals surface area contributed by atoms with Crippen molar-refractivity contribution in [3.8, 4) is 0 Å². The third-order valence-corrected chi connectivity index (χ3v) is 2.73. The molecule has 4 nitrogen and oxygen atoms in total. The van der Waals surface area contributed by atoms with Crippen molar-refractivity contribution < 1.29 is 0 Å². The van der Waals surface area contributed by atoms with Crippen molar-refractivity contribution >= 4 is 34.5 Å². The van der Waals surface area contributed by atoms with E-state index in [1.165, 1.54) is 11.8 Å². The number of thiocarbonyl (C=S) groups is 1. The van der Waals surface area contributed by atoms with E-state index in [0.717, 1.165) is 24.4 Å². The minimum absolute atomic E-state index is 0.649. The number of aromatic nitrogens is 2. The molecule has 0 saturated carbocycles. The Labute approximate surface area is 98.9 Å². The van der Waals surface area contributed by atoms with E-state index in [2.05, 4.69) is 27.4 Å². The predicted octanol–water partition coefficient (Wildman–Crippen LogP) is 1.93. The summed E-state index contributed by atoms with van der Waals surface area (Å²) in [6.45, 7) is 2.12. The summed E-state index contributed by atoms with van der Waals surface area (Å²) in [5, 5.41) is 3.97. The number of hydrogen-bond acceptors (Lipinski definition) is 4. The van der Waals surface area contributed by atoms with Crippen molar-refractivity contribution in [2.75, 3.05) is 6.26 Å². The summed E-state index contributed by atoms with van der Waals surface area (Å²) in [6, 6.07) is 0. The number of hydrogen-bond donors (Lipinski definition) is 2. The molecule has 0 fully saturated rings. The summed E-state index contributed by atoms with van der Waals surface area (Å²) < 4.78 is 0.649. The zero-order valence-corrected chi connectivity index (χ0v) is 10.4. The Kier molecular flexibility index (Phi) is 5.34. The summed E-state index contributed by atoms with van der Waals surface area (Å²) in [5.74, 6) is 0.992. The van der Waals surface area contributed by atoms with Crippen LogP contribution in [0, 0.1) is 0 Å². The standard InChI is InChI=1S/C9H14N4S2/c1-3-4-8-10-5-7(12-8)6-11-13-9(14)15-2/h5-6H,3-4H2,1-2H3,(H,10,12)(H,13,14)/b11-6-. The van der Waals surface area contributed by atoms with Crippen molar-refractivity contribution in [1.29, 1.82) is 0 Å². The van der Waals surface area contributed by atoms with Crippen molar-refractivity contribution in [3.05, 3.63) is 17.7 Å². The SMILES string of the molecule is CCCc1nc(/C=N\NC(=S)SC)c[nH]1. The molecule has 0 radical (unpaired) electrons. The number of aromatic amines is 1. The number of thioether (sulfide) groups is 1. The minimum atomic E-state index is 0.649. The smallest absolute Gasteiger partial charge is 0.153 e. The van der Waals surface area contributed by atoms with Crippen LogP contribution in [0.15, 0.2) is 11.3 Å². The van der Waals surface area contributed by atoms with Crippen LogP contribution in [0.1, 0.15) is 24.9 Å². The van der Waals surface area contributed by atoms with Gasteiger partial charge in [-0.3, -0.25) is 5.43 Å². The fraction of sp³-hybridized carbons (Fsp3) is 0.444. The normalized spacial score (nSPS) is 10.8. The van der Waals surface area contributed by atoms with Crippen molar-refractivity contribution in [1.82, 2.24) is 15.4 Å². The zero-order valence-electron chi connectivity index (χ0n) is 8.78. The van der Waals surface area contributed by atoms with Gasteiger partial charge in [0, 0.05) is 12.6 Å². The predicted molar refractivity (Wildman–Crippen MR) is 69.4 cm³/mol. The third-order valence-electron chi connectivity index (χ3n) is 1.68. The summed E-state index contributed by atoms with van der Waals surface area (Å²) in [7, 11) is 0. The Hall–Kier alpha value is -0.880. The summed E-state index contributed by atoms with van der Waals surface area (Å²) in [5.41, 5.74) is 3.55. The van der Waals surface area contributed by atoms with Crippen molar-refractivity contribution in [2.45, 2.75) is 19.8 Å². The van der Waals surface area contributed by atoms with E-state index in [4.69, 9.17) is 12.2 Å². The van der Waals surface area contributed by atoms with Gasteiger partial charge in [0.2, 0.25) is 0 Å². The molecule has 0 amide bonds. The van der Waals surface area contributed by atoms with Gasteiger partial charge in [-0.15, -0.1) is 0 Å². The molecule has 2 N–H and O–H groups in total. The molecule has 1 aromatic heterocycles. The highest BCUT2D eigenvalue weighted by Crippen LogP contribution is 1.98. The lowest BCUT2D eigenvalue weighted by Gasteiger charge is -1.94. The molecule has 0 spiro atoms. The van der Waals surface area contributed by atoms with Crippen LogP contribution >= 0.6 is 24.0 Å². The average molecular weight is 242 g/mol. The van der Waals surface area contributed by atoms with E-state index in [9.17, 15) is 0 Å². The van der Waals surface area contributed by atoms with Gasteiger partial charge in [0.05, 0.1) is 6.21 Å². The van der Waals surface area contributed by atoms with Gasteiger partial charge >= 0.3 is 0 Å². The lowest BCUT2D eigenvalue weighted by molar-refractivity contribution is 0.856. The fourth-order valence-electron chi connectivity index (χ4n) is 1.01. The van der Waals surface area contributed by atoms with Crippen LogP contribution in [0.25, 0.3) is 0 Å². The molecule has 0 aliphatic carbocycles. The van der Waals surface area contributed by atoms with E-state index in [0.29, 0.717) is 4.32 Å². The minimum Gasteiger partial charge on any atom is -0.348 e. The molecule has 15 heavy (non-hydrogen) atoms. The molecule has 1 heterocycles. The van der Waals surface area contributed by atoms with E-state index < -0.39 is 0 Å². The lowest BCUT2D eigenvalue weighted by Crippen LogP contribution is -2.10. The largest absolute Gasteiger partial charge is 0.348 e. The second kappa shape index (κ2) is 6.58. The topological polar surface area (TPSA) is 53.1 Å². The number of nitrogens with one attached hydrogen (secondary N) is 2. The Morgan fingerprint density at radius 1 is 1.80 bits per heavy atom. The van der Waals surface area contributed by atoms with Crippen molar-refractivity contribution in [3.63, 3.8) is 0 Å². The summed E-state index contributed by atoms with van der Waals surface area (Å²) in [6.07, 6.45) is 7.43. The molecule has 0 saturated heterocycles. The molecule has 0 bridgehead atoms. The molecule has 0 aliphatic heterocycles. The van der Waals surface area contributed by atoms with Gasteiger partial charge in [-0.1, -0.05) is 30.9 Å². The van der Waals surface area contributed by atoms with Crippen LogP contribution in [-0.4, -0.2) is 26.8 Å². The van der Waals surface area contributed by atoms with E-state index in [-0.39, 0.29) is 0 Å². The first kappa shape index (κ1) is 12.2. The first-order chi connectivity index (χ1) is 7.26. The first-order valence-electron chi connectivity index (χ1n) is 4.67. The molecule has 82 valence electrons. The molecule has 0 unspecified atom stereocenters. The monoisotopic (exact) mass is 242 g/mol. The summed E-state index contributed by atoms with van der Waals surface area (Å²) >= 11 is 6.38. The van der Waals surface area contributed by atoms with Crippen LogP contribution in [-0.2, 0) is 6.42 Å². The van der Waals surface area contributed by atoms with E-state index >= 15 is 0 Å². The Bertz CT molecular complexity index is 346. The second-order valence-corrected chi connectivity index (χ2v) is 4.37. The van der Waals surface area contributed by atoms with Crippen LogP contribution in [0.4, 0.5) is 0 Å². The Morgan fingerprint density at radius 3 is 3.27 bits per heavy atom. The van der Waals surface area contributed by atoms with E-state index in [1.54, 1.807) is 6.21 Å². The molecule has 6 heteroatoms. The number of H-pyrrole nitrogens is 1. The van der Waals surface area contributed by atoms with E-state index in [1.807, 2.05) is 12.5 Å². The van der Waals surface area contributed by atoms with Gasteiger partial charge < -0.3 is 4.98 Å². The number of nitrogens with zero attached hydrogens (tertiary/aromatic N) is 2. The molecule has 0 atom stereocenters. The van der Waals surface area contributed by atoms with Gasteiger partial charge in [0.15, 0.2) is 4.32 Å². The van der Waals surface area contributed by atoms with Gasteiger partial charge in [-0.05, 0) is 12.7 Å². The van der Waals surface area contributed by atoms with Gasteiger partial charge in [0.1, 0.15) is 11.5 Å². The zero-order chi connectivity index (χ0) is 11.1. The molecule has 1 rings (SSSR count). The Morgan fingerprint density at radius 2 is 2.60 bits per heavy atom. The average Bonchev–Trinajstić information content (AvgIpc) is 2.66. The number of aryl methyl sites for hydroxylation is 1. The third kappa shape index (κ3) is 4.44. The highest BCUT2D eigenvalue weighted by molar-refractivity contribution is 8.22. The molecule has 1 aromatic rings. The maximum atomic E-state index is 4.93. The maximum Gasteiger partial charge on any atom is 0.153 e. The van der Waals surface area contributed by atoms with Gasteiger partial charge in [-0.25, -0.2) is 4.98 Å². The highest BCUT2D eigenvalue weighted by atomic mass is 32.2. The lowest BCUT2D eigenvalue weighted by atomic mass is 10.3.